The number of para-hydroxylation sites is 2. The molecule has 0 spiro atoms. The second-order valence-electron chi connectivity index (χ2n) is 11.1. The van der Waals surface area contributed by atoms with Gasteiger partial charge >= 0.3 is 0 Å². The quantitative estimate of drug-likeness (QED) is 0.221. The molecule has 0 saturated carbocycles. The fourth-order valence-corrected chi connectivity index (χ4v) is 7.19. The van der Waals surface area contributed by atoms with E-state index < -0.39 is 0 Å². The van der Waals surface area contributed by atoms with Gasteiger partial charge in [0, 0.05) is 38.1 Å². The Labute approximate surface area is 240 Å². The Morgan fingerprint density at radius 2 is 1.24 bits per heavy atom. The molecule has 0 atom stereocenters. The van der Waals surface area contributed by atoms with E-state index in [9.17, 15) is 0 Å². The maximum absolute atomic E-state index is 6.39. The molecule has 4 heterocycles. The first-order valence-electron chi connectivity index (χ1n) is 14.3. The highest BCUT2D eigenvalue weighted by Crippen LogP contribution is 2.47. The van der Waals surface area contributed by atoms with Crippen molar-refractivity contribution >= 4 is 70.9 Å². The highest BCUT2D eigenvalue weighted by molar-refractivity contribution is 6.31. The van der Waals surface area contributed by atoms with Crippen molar-refractivity contribution in [2.45, 2.75) is 0 Å². The van der Waals surface area contributed by atoms with Crippen LogP contribution in [0, 0.1) is 0 Å². The normalized spacial score (nSPS) is 12.3. The van der Waals surface area contributed by atoms with Crippen molar-refractivity contribution in [2.24, 2.45) is 0 Å². The van der Waals surface area contributed by atoms with Gasteiger partial charge in [0.25, 0.3) is 0 Å². The van der Waals surface area contributed by atoms with Crippen LogP contribution in [-0.2, 0) is 0 Å². The van der Waals surface area contributed by atoms with Crippen LogP contribution < -0.4 is 0 Å². The smallest absolute Gasteiger partial charge is 0.137 e. The topological polar surface area (TPSA) is 30.4 Å². The van der Waals surface area contributed by atoms with Crippen LogP contribution in [0.2, 0.25) is 0 Å². The van der Waals surface area contributed by atoms with E-state index in [2.05, 4.69) is 138 Å². The summed E-state index contributed by atoms with van der Waals surface area (Å²) in [6.45, 7) is 0. The zero-order valence-corrected chi connectivity index (χ0v) is 22.5. The molecule has 194 valence electrons. The van der Waals surface area contributed by atoms with Crippen molar-refractivity contribution < 1.29 is 4.42 Å². The Kier molecular flexibility index (Phi) is 4.18. The molecule has 10 aromatic rings. The van der Waals surface area contributed by atoms with Crippen molar-refractivity contribution in [3.8, 4) is 22.4 Å². The number of hydrogen-bond donors (Lipinski definition) is 0. The highest BCUT2D eigenvalue weighted by Gasteiger charge is 2.23. The fourth-order valence-electron chi connectivity index (χ4n) is 7.19. The predicted octanol–water partition coefficient (Wildman–Crippen LogP) is 10.6. The van der Waals surface area contributed by atoms with E-state index in [4.69, 9.17) is 9.40 Å². The molecule has 0 aliphatic rings. The van der Waals surface area contributed by atoms with Crippen LogP contribution in [-0.4, -0.2) is 9.38 Å². The number of aromatic nitrogens is 2. The van der Waals surface area contributed by atoms with E-state index in [0.29, 0.717) is 0 Å². The molecule has 0 amide bonds. The van der Waals surface area contributed by atoms with Crippen LogP contribution in [0.25, 0.3) is 93.3 Å². The van der Waals surface area contributed by atoms with E-state index in [1.807, 2.05) is 0 Å². The average Bonchev–Trinajstić information content (AvgIpc) is 3.57. The van der Waals surface area contributed by atoms with Gasteiger partial charge in [0.1, 0.15) is 11.2 Å². The van der Waals surface area contributed by atoms with E-state index in [1.54, 1.807) is 0 Å². The summed E-state index contributed by atoms with van der Waals surface area (Å²) >= 11 is 0. The molecule has 4 aromatic heterocycles. The van der Waals surface area contributed by atoms with Crippen LogP contribution in [0.4, 0.5) is 0 Å². The van der Waals surface area contributed by atoms with Gasteiger partial charge in [-0.1, -0.05) is 97.1 Å². The van der Waals surface area contributed by atoms with E-state index >= 15 is 0 Å². The molecule has 0 saturated heterocycles. The van der Waals surface area contributed by atoms with E-state index in [-0.39, 0.29) is 0 Å². The van der Waals surface area contributed by atoms with Crippen molar-refractivity contribution in [1.29, 1.82) is 0 Å². The standard InChI is InChI=1S/C39H22N2O/c1-2-10-23(11-3-1)38-29(22-24-12-4-6-15-30(24)40-38)26-20-21-27-25-14-8-18-33-36(25)37-32(17-9-19-34(37)42-33)41-31-16-7-5-13-28(31)35(26)39(27)41/h1-22H. The molecule has 0 unspecified atom stereocenters. The van der Waals surface area contributed by atoms with Gasteiger partial charge in [0.2, 0.25) is 0 Å². The molecule has 0 N–H and O–H groups in total. The van der Waals surface area contributed by atoms with Crippen LogP contribution in [0.15, 0.2) is 138 Å². The van der Waals surface area contributed by atoms with Gasteiger partial charge in [-0.3, -0.25) is 0 Å². The number of pyridine rings is 1. The SMILES string of the molecule is c1ccc(-c2nc3ccccc3cc2-c2ccc3c4cccc5oc6cccc(c6c54)n4c5ccccc5c2c34)cc1. The summed E-state index contributed by atoms with van der Waals surface area (Å²) in [5, 5.41) is 8.37. The molecule has 0 aliphatic heterocycles. The summed E-state index contributed by atoms with van der Waals surface area (Å²) in [6.07, 6.45) is 0. The Hall–Kier alpha value is -5.67. The minimum Gasteiger partial charge on any atom is -0.456 e. The second kappa shape index (κ2) is 7.96. The molecule has 10 rings (SSSR count). The lowest BCUT2D eigenvalue weighted by molar-refractivity contribution is 0.669. The Balaban J connectivity index is 1.48. The zero-order valence-electron chi connectivity index (χ0n) is 22.5. The number of nitrogens with zero attached hydrogens (tertiary/aromatic N) is 2. The zero-order chi connectivity index (χ0) is 27.4. The monoisotopic (exact) mass is 534 g/mol. The first kappa shape index (κ1) is 22.1. The lowest BCUT2D eigenvalue weighted by atomic mass is 9.92. The van der Waals surface area contributed by atoms with Gasteiger partial charge in [0.05, 0.1) is 33.1 Å². The first-order valence-corrected chi connectivity index (χ1v) is 14.3. The van der Waals surface area contributed by atoms with E-state index in [1.165, 1.54) is 48.9 Å². The van der Waals surface area contributed by atoms with E-state index in [0.717, 1.165) is 44.4 Å². The molecular formula is C39H22N2O. The molecule has 3 heteroatoms. The molecule has 42 heavy (non-hydrogen) atoms. The Morgan fingerprint density at radius 3 is 2.17 bits per heavy atom. The summed E-state index contributed by atoms with van der Waals surface area (Å²) in [6, 6.07) is 47.5. The Morgan fingerprint density at radius 1 is 0.500 bits per heavy atom. The summed E-state index contributed by atoms with van der Waals surface area (Å²) in [7, 11) is 0. The summed E-state index contributed by atoms with van der Waals surface area (Å²) in [5.41, 5.74) is 10.8. The maximum Gasteiger partial charge on any atom is 0.137 e. The number of fused-ring (bicyclic) bond motifs is 6. The Bertz CT molecular complexity index is 2680. The minimum absolute atomic E-state index is 0.916. The number of furan rings is 1. The first-order chi connectivity index (χ1) is 20.8. The minimum atomic E-state index is 0.916. The molecule has 6 aromatic carbocycles. The van der Waals surface area contributed by atoms with Gasteiger partial charge in [-0.15, -0.1) is 0 Å². The summed E-state index contributed by atoms with van der Waals surface area (Å²) in [5.74, 6) is 0. The van der Waals surface area contributed by atoms with Crippen LogP contribution in [0.1, 0.15) is 0 Å². The second-order valence-corrected chi connectivity index (χ2v) is 11.1. The third-order valence-electron chi connectivity index (χ3n) is 8.91. The molecule has 0 aliphatic carbocycles. The van der Waals surface area contributed by atoms with Gasteiger partial charge in [-0.05, 0) is 47.3 Å². The molecular weight excluding hydrogens is 512 g/mol. The number of benzene rings is 6. The van der Waals surface area contributed by atoms with Crippen molar-refractivity contribution in [3.05, 3.63) is 133 Å². The number of rotatable bonds is 2. The average molecular weight is 535 g/mol. The van der Waals surface area contributed by atoms with Gasteiger partial charge < -0.3 is 8.82 Å². The molecule has 3 nitrogen and oxygen atoms in total. The highest BCUT2D eigenvalue weighted by atomic mass is 16.3. The fraction of sp³-hybridized carbons (Fsp3) is 0. The summed E-state index contributed by atoms with van der Waals surface area (Å²) < 4.78 is 8.84. The molecule has 0 fully saturated rings. The van der Waals surface area contributed by atoms with Gasteiger partial charge in [-0.2, -0.15) is 0 Å². The van der Waals surface area contributed by atoms with Crippen molar-refractivity contribution in [1.82, 2.24) is 9.38 Å². The van der Waals surface area contributed by atoms with Crippen LogP contribution in [0.3, 0.4) is 0 Å². The third kappa shape index (κ3) is 2.77. The summed E-state index contributed by atoms with van der Waals surface area (Å²) in [4.78, 5) is 5.26. The lowest BCUT2D eigenvalue weighted by Gasteiger charge is -2.14. The number of hydrogen-bond acceptors (Lipinski definition) is 2. The van der Waals surface area contributed by atoms with Crippen molar-refractivity contribution in [2.75, 3.05) is 0 Å². The molecule has 0 radical (unpaired) electrons. The van der Waals surface area contributed by atoms with Crippen LogP contribution in [0.5, 0.6) is 0 Å². The van der Waals surface area contributed by atoms with Gasteiger partial charge in [0.15, 0.2) is 0 Å². The van der Waals surface area contributed by atoms with Gasteiger partial charge in [-0.25, -0.2) is 4.98 Å². The largest absolute Gasteiger partial charge is 0.456 e. The molecule has 0 bridgehead atoms. The lowest BCUT2D eigenvalue weighted by Crippen LogP contribution is -1.92. The third-order valence-corrected chi connectivity index (χ3v) is 8.91. The van der Waals surface area contributed by atoms with Crippen LogP contribution >= 0.6 is 0 Å². The maximum atomic E-state index is 6.39. The van der Waals surface area contributed by atoms with Crippen molar-refractivity contribution in [3.63, 3.8) is 0 Å². The predicted molar refractivity (Wildman–Crippen MR) is 175 cm³/mol.